The van der Waals surface area contributed by atoms with Crippen LogP contribution in [0.2, 0.25) is 0 Å². The Balaban J connectivity index is 1.05. The van der Waals surface area contributed by atoms with Crippen molar-refractivity contribution in [3.8, 4) is 0 Å². The van der Waals surface area contributed by atoms with Gasteiger partial charge in [-0.15, -0.1) is 0 Å². The Morgan fingerprint density at radius 1 is 0.935 bits per heavy atom. The molecule has 1 unspecified atom stereocenters. The number of aromatic nitrogens is 2. The molecular weight excluding hydrogens is 396 g/mol. The standard InChI is InChI=1S/C24H29F2N5/c25-20-6-5-17(15-21(20)26)18-7-10-31(16-18)14-13-30-11-8-19(9-12-30)27-24-28-22-3-1-2-4-23(22)29-24/h1-6,15,18-19H,7-14,16H2,(H2,27,28,29). The Kier molecular flexibility index (Phi) is 5.87. The molecule has 2 aromatic carbocycles. The third-order valence-electron chi connectivity index (χ3n) is 6.74. The van der Waals surface area contributed by atoms with Crippen molar-refractivity contribution < 1.29 is 8.78 Å². The minimum absolute atomic E-state index is 0.300. The van der Waals surface area contributed by atoms with E-state index in [2.05, 4.69) is 25.1 Å². The molecule has 2 N–H and O–H groups in total. The maximum Gasteiger partial charge on any atom is 0.201 e. The molecule has 0 saturated carbocycles. The number of piperidine rings is 1. The second-order valence-electron chi connectivity index (χ2n) is 8.82. The number of benzene rings is 2. The highest BCUT2D eigenvalue weighted by atomic mass is 19.2. The normalized spacial score (nSPS) is 21.2. The molecule has 7 heteroatoms. The molecule has 3 aromatic rings. The van der Waals surface area contributed by atoms with Crippen LogP contribution < -0.4 is 5.32 Å². The van der Waals surface area contributed by atoms with Gasteiger partial charge in [0.05, 0.1) is 11.0 Å². The number of rotatable bonds is 6. The number of aromatic amines is 1. The van der Waals surface area contributed by atoms with Crippen LogP contribution in [0.4, 0.5) is 14.7 Å². The van der Waals surface area contributed by atoms with E-state index in [1.54, 1.807) is 6.07 Å². The molecule has 2 aliphatic heterocycles. The molecule has 0 spiro atoms. The molecule has 2 fully saturated rings. The van der Waals surface area contributed by atoms with Crippen molar-refractivity contribution in [3.63, 3.8) is 0 Å². The molecule has 1 atom stereocenters. The Morgan fingerprint density at radius 3 is 2.52 bits per heavy atom. The first-order valence-corrected chi connectivity index (χ1v) is 11.2. The van der Waals surface area contributed by atoms with Crippen molar-refractivity contribution in [3.05, 3.63) is 59.7 Å². The number of nitrogens with zero attached hydrogens (tertiary/aromatic N) is 3. The molecule has 5 rings (SSSR count). The highest BCUT2D eigenvalue weighted by Crippen LogP contribution is 2.28. The lowest BCUT2D eigenvalue weighted by Gasteiger charge is -2.33. The molecule has 1 aromatic heterocycles. The van der Waals surface area contributed by atoms with Crippen LogP contribution in [0.5, 0.6) is 0 Å². The fraction of sp³-hybridized carbons (Fsp3) is 0.458. The zero-order valence-electron chi connectivity index (χ0n) is 17.7. The predicted molar refractivity (Wildman–Crippen MR) is 119 cm³/mol. The van der Waals surface area contributed by atoms with E-state index in [9.17, 15) is 8.78 Å². The molecule has 31 heavy (non-hydrogen) atoms. The van der Waals surface area contributed by atoms with Gasteiger partial charge in [0.2, 0.25) is 5.95 Å². The number of nitrogens with one attached hydrogen (secondary N) is 2. The number of H-pyrrole nitrogens is 1. The minimum atomic E-state index is -0.767. The average molecular weight is 426 g/mol. The van der Waals surface area contributed by atoms with Gasteiger partial charge in [0.15, 0.2) is 11.6 Å². The van der Waals surface area contributed by atoms with Crippen LogP contribution in [0.1, 0.15) is 30.7 Å². The van der Waals surface area contributed by atoms with Crippen LogP contribution in [0, 0.1) is 11.6 Å². The van der Waals surface area contributed by atoms with Crippen molar-refractivity contribution in [2.45, 2.75) is 31.2 Å². The van der Waals surface area contributed by atoms with Gasteiger partial charge in [-0.1, -0.05) is 18.2 Å². The van der Waals surface area contributed by atoms with Crippen molar-refractivity contribution >= 4 is 17.0 Å². The second-order valence-corrected chi connectivity index (χ2v) is 8.82. The number of hydrogen-bond acceptors (Lipinski definition) is 4. The van der Waals surface area contributed by atoms with E-state index in [1.807, 2.05) is 24.3 Å². The van der Waals surface area contributed by atoms with Gasteiger partial charge in [-0.25, -0.2) is 13.8 Å². The lowest BCUT2D eigenvalue weighted by molar-refractivity contribution is 0.189. The quantitative estimate of drug-likeness (QED) is 0.621. The summed E-state index contributed by atoms with van der Waals surface area (Å²) in [6, 6.07) is 12.9. The number of likely N-dealkylation sites (tertiary alicyclic amines) is 2. The van der Waals surface area contributed by atoms with Crippen LogP contribution >= 0.6 is 0 Å². The van der Waals surface area contributed by atoms with Gasteiger partial charge in [0.25, 0.3) is 0 Å². The highest BCUT2D eigenvalue weighted by molar-refractivity contribution is 5.77. The number of fused-ring (bicyclic) bond motifs is 1. The number of hydrogen-bond donors (Lipinski definition) is 2. The van der Waals surface area contributed by atoms with Gasteiger partial charge in [-0.05, 0) is 61.6 Å². The van der Waals surface area contributed by atoms with E-state index < -0.39 is 11.6 Å². The zero-order chi connectivity index (χ0) is 21.2. The van der Waals surface area contributed by atoms with E-state index in [0.29, 0.717) is 12.0 Å². The van der Waals surface area contributed by atoms with Gasteiger partial charge in [-0.3, -0.25) is 0 Å². The van der Waals surface area contributed by atoms with Crippen LogP contribution in [0.15, 0.2) is 42.5 Å². The lowest BCUT2D eigenvalue weighted by Crippen LogP contribution is -2.42. The third-order valence-corrected chi connectivity index (χ3v) is 6.74. The maximum absolute atomic E-state index is 13.5. The molecule has 164 valence electrons. The van der Waals surface area contributed by atoms with Gasteiger partial charge in [0, 0.05) is 38.8 Å². The fourth-order valence-electron chi connectivity index (χ4n) is 4.87. The summed E-state index contributed by atoms with van der Waals surface area (Å²) in [5.41, 5.74) is 2.98. The molecule has 0 bridgehead atoms. The molecule has 2 aliphatic rings. The topological polar surface area (TPSA) is 47.2 Å². The summed E-state index contributed by atoms with van der Waals surface area (Å²) < 4.78 is 26.7. The first kappa shape index (κ1) is 20.4. The molecule has 3 heterocycles. The van der Waals surface area contributed by atoms with Crippen molar-refractivity contribution in [2.24, 2.45) is 0 Å². The van der Waals surface area contributed by atoms with Crippen molar-refractivity contribution in [2.75, 3.05) is 44.6 Å². The first-order valence-electron chi connectivity index (χ1n) is 11.2. The fourth-order valence-corrected chi connectivity index (χ4v) is 4.87. The summed E-state index contributed by atoms with van der Waals surface area (Å²) in [7, 11) is 0. The highest BCUT2D eigenvalue weighted by Gasteiger charge is 2.26. The number of imidazole rings is 1. The summed E-state index contributed by atoms with van der Waals surface area (Å²) >= 11 is 0. The summed E-state index contributed by atoms with van der Waals surface area (Å²) in [6.45, 7) is 6.20. The molecule has 0 amide bonds. The van der Waals surface area contributed by atoms with E-state index in [0.717, 1.165) is 81.1 Å². The van der Waals surface area contributed by atoms with Crippen LogP contribution in [-0.2, 0) is 0 Å². The molecule has 5 nitrogen and oxygen atoms in total. The summed E-state index contributed by atoms with van der Waals surface area (Å²) in [4.78, 5) is 13.0. The van der Waals surface area contributed by atoms with Gasteiger partial charge < -0.3 is 20.1 Å². The largest absolute Gasteiger partial charge is 0.353 e. The van der Waals surface area contributed by atoms with Gasteiger partial charge in [0.1, 0.15) is 0 Å². The smallest absolute Gasteiger partial charge is 0.201 e. The van der Waals surface area contributed by atoms with E-state index in [4.69, 9.17) is 0 Å². The van der Waals surface area contributed by atoms with Gasteiger partial charge in [-0.2, -0.15) is 0 Å². The first-order chi connectivity index (χ1) is 15.1. The third kappa shape index (κ3) is 4.72. The second kappa shape index (κ2) is 8.93. The van der Waals surface area contributed by atoms with E-state index in [-0.39, 0.29) is 0 Å². The van der Waals surface area contributed by atoms with E-state index in [1.165, 1.54) is 12.1 Å². The molecule has 2 saturated heterocycles. The SMILES string of the molecule is Fc1ccc(C2CCN(CCN3CCC(Nc4nc5ccccc5[nH]4)CC3)C2)cc1F. The van der Waals surface area contributed by atoms with Crippen LogP contribution in [-0.4, -0.2) is 65.1 Å². The Bertz CT molecular complexity index is 995. The Labute approximate surface area is 181 Å². The average Bonchev–Trinajstić information content (AvgIpc) is 3.42. The molecular formula is C24H29F2N5. The van der Waals surface area contributed by atoms with Crippen LogP contribution in [0.3, 0.4) is 0 Å². The number of para-hydroxylation sites is 2. The Morgan fingerprint density at radius 2 is 1.71 bits per heavy atom. The summed E-state index contributed by atoms with van der Waals surface area (Å²) in [5.74, 6) is -0.347. The van der Waals surface area contributed by atoms with Crippen molar-refractivity contribution in [1.29, 1.82) is 0 Å². The van der Waals surface area contributed by atoms with E-state index >= 15 is 0 Å². The predicted octanol–water partition coefficient (Wildman–Crippen LogP) is 4.21. The van der Waals surface area contributed by atoms with Gasteiger partial charge >= 0.3 is 0 Å². The van der Waals surface area contributed by atoms with Crippen molar-refractivity contribution in [1.82, 2.24) is 19.8 Å². The zero-order valence-corrected chi connectivity index (χ0v) is 17.7. The monoisotopic (exact) mass is 425 g/mol. The lowest BCUT2D eigenvalue weighted by atomic mass is 9.98. The number of halogens is 2. The van der Waals surface area contributed by atoms with Crippen LogP contribution in [0.25, 0.3) is 11.0 Å². The summed E-state index contributed by atoms with van der Waals surface area (Å²) in [5, 5.41) is 3.56. The summed E-state index contributed by atoms with van der Waals surface area (Å²) in [6.07, 6.45) is 3.22. The number of anilines is 1. The minimum Gasteiger partial charge on any atom is -0.353 e. The Hall–Kier alpha value is -2.51. The maximum atomic E-state index is 13.5. The molecule has 0 radical (unpaired) electrons. The molecule has 0 aliphatic carbocycles.